The molecule has 0 amide bonds. The van der Waals surface area contributed by atoms with E-state index in [1.165, 1.54) is 0 Å². The lowest BCUT2D eigenvalue weighted by Gasteiger charge is -2.00. The Morgan fingerprint density at radius 1 is 1.20 bits per heavy atom. The normalized spacial score (nSPS) is 13.9. The van der Waals surface area contributed by atoms with Crippen molar-refractivity contribution in [1.29, 1.82) is 0 Å². The van der Waals surface area contributed by atoms with E-state index in [4.69, 9.17) is 5.21 Å². The largest absolute Gasteiger partial charge is 0.411 e. The highest BCUT2D eigenvalue weighted by Gasteiger charge is 2.02. The highest BCUT2D eigenvalue weighted by atomic mass is 16.4. The van der Waals surface area contributed by atoms with Crippen LogP contribution in [0.5, 0.6) is 0 Å². The molecule has 0 atom stereocenters. The molecule has 0 bridgehead atoms. The van der Waals surface area contributed by atoms with Crippen LogP contribution in [0.2, 0.25) is 0 Å². The summed E-state index contributed by atoms with van der Waals surface area (Å²) in [4.78, 5) is 3.97. The number of nitrogens with zero attached hydrogens (tertiary/aromatic N) is 2. The number of rotatable bonds is 3. The molecule has 3 heteroatoms. The zero-order chi connectivity index (χ0) is 7.98. The van der Waals surface area contributed by atoms with Gasteiger partial charge >= 0.3 is 0 Å². The molecule has 1 N–H and O–H groups in total. The van der Waals surface area contributed by atoms with Gasteiger partial charge < -0.3 is 5.21 Å². The molecule has 0 rings (SSSR count). The van der Waals surface area contributed by atoms with E-state index in [9.17, 15) is 0 Å². The van der Waals surface area contributed by atoms with Crippen LogP contribution < -0.4 is 0 Å². The van der Waals surface area contributed by atoms with E-state index in [-0.39, 0.29) is 0 Å². The second-order valence-corrected chi connectivity index (χ2v) is 1.92. The van der Waals surface area contributed by atoms with Crippen molar-refractivity contribution in [2.24, 2.45) is 10.1 Å². The van der Waals surface area contributed by atoms with Crippen molar-refractivity contribution >= 4 is 11.4 Å². The molecular weight excluding hydrogens is 128 g/mol. The van der Waals surface area contributed by atoms with Gasteiger partial charge in [0.15, 0.2) is 0 Å². The van der Waals surface area contributed by atoms with Crippen molar-refractivity contribution in [2.45, 2.75) is 26.7 Å². The molecule has 3 nitrogen and oxygen atoms in total. The minimum Gasteiger partial charge on any atom is -0.411 e. The molecule has 0 spiro atoms. The predicted octanol–water partition coefficient (Wildman–Crippen LogP) is 1.71. The Kier molecular flexibility index (Phi) is 4.54. The Bertz CT molecular complexity index is 132. The fourth-order valence-electron chi connectivity index (χ4n) is 0.824. The Morgan fingerprint density at radius 3 is 1.80 bits per heavy atom. The molecule has 0 aromatic heterocycles. The molecule has 0 heterocycles. The second-order valence-electron chi connectivity index (χ2n) is 1.92. The summed E-state index contributed by atoms with van der Waals surface area (Å²) < 4.78 is 0. The van der Waals surface area contributed by atoms with Crippen LogP contribution >= 0.6 is 0 Å². The summed E-state index contributed by atoms with van der Waals surface area (Å²) in [5.74, 6) is 0. The maximum atomic E-state index is 8.47. The summed E-state index contributed by atoms with van der Waals surface area (Å²) in [6, 6.07) is 0. The van der Waals surface area contributed by atoms with Gasteiger partial charge in [-0.25, -0.2) is 0 Å². The lowest BCUT2D eigenvalue weighted by molar-refractivity contribution is 0.319. The average Bonchev–Trinajstić information content (AvgIpc) is 2.00. The molecule has 0 aliphatic rings. The lowest BCUT2D eigenvalue weighted by Crippen LogP contribution is -2.11. The summed E-state index contributed by atoms with van der Waals surface area (Å²) in [6.07, 6.45) is 1.56. The quantitative estimate of drug-likeness (QED) is 0.364. The van der Waals surface area contributed by atoms with Crippen LogP contribution in [-0.4, -0.2) is 23.7 Å². The number of aliphatic imine (C=N–C) groups is 1. The topological polar surface area (TPSA) is 45.0 Å². The summed E-state index contributed by atoms with van der Waals surface area (Å²) >= 11 is 0. The summed E-state index contributed by atoms with van der Waals surface area (Å²) in [5.41, 5.74) is 1.56. The van der Waals surface area contributed by atoms with Crippen molar-refractivity contribution in [1.82, 2.24) is 0 Å². The summed E-state index contributed by atoms with van der Waals surface area (Å²) in [5, 5.41) is 11.6. The molecular formula is C7H14N2O. The molecule has 0 saturated heterocycles. The van der Waals surface area contributed by atoms with Crippen molar-refractivity contribution in [3.8, 4) is 0 Å². The van der Waals surface area contributed by atoms with Gasteiger partial charge in [0.1, 0.15) is 5.71 Å². The van der Waals surface area contributed by atoms with Crippen molar-refractivity contribution < 1.29 is 5.21 Å². The van der Waals surface area contributed by atoms with Crippen LogP contribution in [0.15, 0.2) is 10.1 Å². The molecule has 0 aromatic rings. The Hall–Kier alpha value is -0.860. The SMILES string of the molecule is CCC(=NC)C(CC)=NO. The van der Waals surface area contributed by atoms with Gasteiger partial charge in [0.25, 0.3) is 0 Å². The van der Waals surface area contributed by atoms with Crippen molar-refractivity contribution in [2.75, 3.05) is 7.05 Å². The minimum absolute atomic E-state index is 0.685. The van der Waals surface area contributed by atoms with Crippen LogP contribution in [0, 0.1) is 0 Å². The highest BCUT2D eigenvalue weighted by molar-refractivity contribution is 6.42. The van der Waals surface area contributed by atoms with Crippen LogP contribution in [-0.2, 0) is 0 Å². The van der Waals surface area contributed by atoms with Crippen LogP contribution in [0.1, 0.15) is 26.7 Å². The molecule has 10 heavy (non-hydrogen) atoms. The maximum Gasteiger partial charge on any atom is 0.100 e. The standard InChI is InChI=1S/C7H14N2O/c1-4-6(8-3)7(5-2)9-10/h10H,4-5H2,1-3H3. The fourth-order valence-corrected chi connectivity index (χ4v) is 0.824. The van der Waals surface area contributed by atoms with E-state index in [0.29, 0.717) is 5.71 Å². The molecule has 58 valence electrons. The Labute approximate surface area is 61.5 Å². The summed E-state index contributed by atoms with van der Waals surface area (Å²) in [7, 11) is 1.71. The van der Waals surface area contributed by atoms with Gasteiger partial charge in [-0.3, -0.25) is 4.99 Å². The van der Waals surface area contributed by atoms with Crippen molar-refractivity contribution in [3.63, 3.8) is 0 Å². The van der Waals surface area contributed by atoms with E-state index in [1.807, 2.05) is 13.8 Å². The first-order valence-electron chi connectivity index (χ1n) is 3.47. The molecule has 0 aliphatic carbocycles. The Morgan fingerprint density at radius 2 is 1.70 bits per heavy atom. The number of hydrogen-bond acceptors (Lipinski definition) is 3. The van der Waals surface area contributed by atoms with E-state index in [0.717, 1.165) is 18.6 Å². The van der Waals surface area contributed by atoms with Gasteiger partial charge in [-0.15, -0.1) is 0 Å². The van der Waals surface area contributed by atoms with Crippen LogP contribution in [0.3, 0.4) is 0 Å². The van der Waals surface area contributed by atoms with Gasteiger partial charge in [-0.2, -0.15) is 0 Å². The monoisotopic (exact) mass is 142 g/mol. The third kappa shape index (κ3) is 2.17. The second kappa shape index (κ2) is 4.97. The zero-order valence-corrected chi connectivity index (χ0v) is 6.76. The predicted molar refractivity (Wildman–Crippen MR) is 43.2 cm³/mol. The zero-order valence-electron chi connectivity index (χ0n) is 6.76. The highest BCUT2D eigenvalue weighted by Crippen LogP contribution is 1.93. The molecule has 0 fully saturated rings. The molecule has 0 aromatic carbocycles. The van der Waals surface area contributed by atoms with E-state index in [2.05, 4.69) is 10.1 Å². The van der Waals surface area contributed by atoms with Crippen LogP contribution in [0.25, 0.3) is 0 Å². The maximum absolute atomic E-state index is 8.47. The van der Waals surface area contributed by atoms with Crippen molar-refractivity contribution in [3.05, 3.63) is 0 Å². The van der Waals surface area contributed by atoms with Gasteiger partial charge in [-0.05, 0) is 12.8 Å². The molecule has 0 aliphatic heterocycles. The minimum atomic E-state index is 0.685. The fraction of sp³-hybridized carbons (Fsp3) is 0.714. The summed E-state index contributed by atoms with van der Waals surface area (Å²) in [6.45, 7) is 3.93. The molecule has 0 unspecified atom stereocenters. The average molecular weight is 142 g/mol. The first-order chi connectivity index (χ1) is 4.79. The first-order valence-corrected chi connectivity index (χ1v) is 3.47. The molecule has 0 radical (unpaired) electrons. The first kappa shape index (κ1) is 9.14. The van der Waals surface area contributed by atoms with Gasteiger partial charge in [0.05, 0.1) is 5.71 Å². The lowest BCUT2D eigenvalue weighted by atomic mass is 10.1. The van der Waals surface area contributed by atoms with Gasteiger partial charge in [-0.1, -0.05) is 19.0 Å². The molecule has 0 saturated carbocycles. The smallest absolute Gasteiger partial charge is 0.100 e. The van der Waals surface area contributed by atoms with Crippen LogP contribution in [0.4, 0.5) is 0 Å². The van der Waals surface area contributed by atoms with E-state index < -0.39 is 0 Å². The van der Waals surface area contributed by atoms with E-state index >= 15 is 0 Å². The third-order valence-electron chi connectivity index (χ3n) is 1.39. The number of hydrogen-bond donors (Lipinski definition) is 1. The third-order valence-corrected chi connectivity index (χ3v) is 1.39. The van der Waals surface area contributed by atoms with Gasteiger partial charge in [0.2, 0.25) is 0 Å². The number of oxime groups is 1. The Balaban J connectivity index is 4.27. The van der Waals surface area contributed by atoms with E-state index in [1.54, 1.807) is 7.05 Å². The van der Waals surface area contributed by atoms with Gasteiger partial charge in [0, 0.05) is 7.05 Å².